The molecule has 24 heavy (non-hydrogen) atoms. The first-order valence-electron chi connectivity index (χ1n) is 7.96. The molecule has 0 amide bonds. The van der Waals surface area contributed by atoms with Gasteiger partial charge in [0.1, 0.15) is 0 Å². The molecule has 6 nitrogen and oxygen atoms in total. The van der Waals surface area contributed by atoms with Gasteiger partial charge in [-0.05, 0) is 31.0 Å². The fourth-order valence-corrected chi connectivity index (χ4v) is 2.80. The first-order chi connectivity index (χ1) is 11.6. The first-order valence-corrected chi connectivity index (χ1v) is 7.96. The van der Waals surface area contributed by atoms with Crippen LogP contribution < -0.4 is 0 Å². The highest BCUT2D eigenvalue weighted by atomic mass is 15.3. The molecule has 0 spiro atoms. The summed E-state index contributed by atoms with van der Waals surface area (Å²) in [7, 11) is 0. The number of aromatic nitrogens is 6. The van der Waals surface area contributed by atoms with Crippen LogP contribution in [0.5, 0.6) is 0 Å². The predicted octanol–water partition coefficient (Wildman–Crippen LogP) is 3.41. The fourth-order valence-electron chi connectivity index (χ4n) is 2.80. The monoisotopic (exact) mass is 318 g/mol. The van der Waals surface area contributed by atoms with Crippen LogP contribution in [0.15, 0.2) is 48.9 Å². The molecule has 0 atom stereocenters. The van der Waals surface area contributed by atoms with Crippen molar-refractivity contribution in [3.63, 3.8) is 0 Å². The van der Waals surface area contributed by atoms with Crippen LogP contribution >= 0.6 is 0 Å². The van der Waals surface area contributed by atoms with E-state index in [4.69, 9.17) is 4.98 Å². The molecule has 0 unspecified atom stereocenters. The third kappa shape index (κ3) is 2.36. The van der Waals surface area contributed by atoms with Crippen LogP contribution in [-0.2, 0) is 0 Å². The molecule has 120 valence electrons. The van der Waals surface area contributed by atoms with E-state index in [2.05, 4.69) is 29.0 Å². The maximum Gasteiger partial charge on any atom is 0.155 e. The highest BCUT2D eigenvalue weighted by molar-refractivity contribution is 5.64. The van der Waals surface area contributed by atoms with Crippen LogP contribution in [0.25, 0.3) is 22.9 Å². The lowest BCUT2D eigenvalue weighted by atomic mass is 10.0. The van der Waals surface area contributed by atoms with E-state index < -0.39 is 0 Å². The van der Waals surface area contributed by atoms with E-state index in [9.17, 15) is 0 Å². The third-order valence-corrected chi connectivity index (χ3v) is 4.01. The Hall–Kier alpha value is -3.02. The van der Waals surface area contributed by atoms with Gasteiger partial charge in [-0.1, -0.05) is 19.9 Å². The van der Waals surface area contributed by atoms with Crippen molar-refractivity contribution >= 4 is 5.65 Å². The molecule has 4 rings (SSSR count). The van der Waals surface area contributed by atoms with Gasteiger partial charge in [-0.15, -0.1) is 0 Å². The molecule has 0 aliphatic carbocycles. The average Bonchev–Trinajstić information content (AvgIpc) is 3.20. The van der Waals surface area contributed by atoms with E-state index >= 15 is 0 Å². The Balaban J connectivity index is 1.96. The summed E-state index contributed by atoms with van der Waals surface area (Å²) in [5.41, 5.74) is 4.76. The lowest BCUT2D eigenvalue weighted by molar-refractivity contribution is 0.837. The van der Waals surface area contributed by atoms with Crippen LogP contribution in [0.4, 0.5) is 0 Å². The van der Waals surface area contributed by atoms with Gasteiger partial charge in [0.15, 0.2) is 11.5 Å². The minimum Gasteiger partial charge on any atom is -0.234 e. The number of fused-ring (bicyclic) bond motifs is 1. The number of rotatable bonds is 3. The zero-order chi connectivity index (χ0) is 16.7. The largest absolute Gasteiger partial charge is 0.234 e. The standard InChI is InChI=1S/C18H18N6/c1-12(2)14-11-20-24(17-6-4-5-13(3)21-17)18(14)15-8-10-23-16(22-15)7-9-19-23/h4-12H,1-3H3. The van der Waals surface area contributed by atoms with Gasteiger partial charge in [0.05, 0.1) is 23.8 Å². The maximum absolute atomic E-state index is 4.74. The van der Waals surface area contributed by atoms with Crippen molar-refractivity contribution in [2.45, 2.75) is 26.7 Å². The molecular weight excluding hydrogens is 300 g/mol. The van der Waals surface area contributed by atoms with Crippen molar-refractivity contribution in [1.29, 1.82) is 0 Å². The zero-order valence-electron chi connectivity index (χ0n) is 13.9. The van der Waals surface area contributed by atoms with Crippen molar-refractivity contribution in [3.05, 3.63) is 60.2 Å². The molecule has 0 bridgehead atoms. The van der Waals surface area contributed by atoms with E-state index in [-0.39, 0.29) is 0 Å². The van der Waals surface area contributed by atoms with E-state index in [1.807, 2.05) is 54.3 Å². The van der Waals surface area contributed by atoms with Crippen LogP contribution in [0.3, 0.4) is 0 Å². The Morgan fingerprint density at radius 1 is 1.00 bits per heavy atom. The van der Waals surface area contributed by atoms with Gasteiger partial charge in [0.2, 0.25) is 0 Å². The molecule has 0 N–H and O–H groups in total. The normalized spacial score (nSPS) is 11.5. The summed E-state index contributed by atoms with van der Waals surface area (Å²) in [6.07, 6.45) is 5.57. The molecule has 4 aromatic rings. The lowest BCUT2D eigenvalue weighted by Crippen LogP contribution is -2.05. The van der Waals surface area contributed by atoms with E-state index in [0.717, 1.165) is 34.1 Å². The van der Waals surface area contributed by atoms with Crippen LogP contribution in [0, 0.1) is 6.92 Å². The predicted molar refractivity (Wildman–Crippen MR) is 92.2 cm³/mol. The minimum atomic E-state index is 0.335. The van der Waals surface area contributed by atoms with Gasteiger partial charge in [0, 0.05) is 23.5 Å². The Kier molecular flexibility index (Phi) is 3.37. The Bertz CT molecular complexity index is 1010. The maximum atomic E-state index is 4.74. The topological polar surface area (TPSA) is 60.9 Å². The van der Waals surface area contributed by atoms with Crippen molar-refractivity contribution < 1.29 is 0 Å². The summed E-state index contributed by atoms with van der Waals surface area (Å²) in [5, 5.41) is 8.79. The average molecular weight is 318 g/mol. The van der Waals surface area contributed by atoms with Gasteiger partial charge >= 0.3 is 0 Å². The number of pyridine rings is 1. The summed E-state index contributed by atoms with van der Waals surface area (Å²) >= 11 is 0. The summed E-state index contributed by atoms with van der Waals surface area (Å²) in [5.74, 6) is 1.13. The molecule has 0 aromatic carbocycles. The molecule has 0 saturated heterocycles. The molecular formula is C18H18N6. The van der Waals surface area contributed by atoms with E-state index in [0.29, 0.717) is 5.92 Å². The van der Waals surface area contributed by atoms with Crippen molar-refractivity contribution in [3.8, 4) is 17.2 Å². The lowest BCUT2D eigenvalue weighted by Gasteiger charge is -2.11. The highest BCUT2D eigenvalue weighted by Crippen LogP contribution is 2.30. The SMILES string of the molecule is Cc1cccc(-n2ncc(C(C)C)c2-c2ccn3nccc3n2)n1. The molecule has 0 radical (unpaired) electrons. The minimum absolute atomic E-state index is 0.335. The first kappa shape index (κ1) is 14.6. The molecule has 0 aliphatic heterocycles. The summed E-state index contributed by atoms with van der Waals surface area (Å²) in [6.45, 7) is 6.30. The van der Waals surface area contributed by atoms with Crippen molar-refractivity contribution in [2.24, 2.45) is 0 Å². The van der Waals surface area contributed by atoms with Gasteiger partial charge in [-0.25, -0.2) is 19.2 Å². The summed E-state index contributed by atoms with van der Waals surface area (Å²) < 4.78 is 3.63. The number of nitrogens with zero attached hydrogens (tertiary/aromatic N) is 6. The molecule has 4 heterocycles. The molecule has 0 aliphatic rings. The molecule has 4 aromatic heterocycles. The van der Waals surface area contributed by atoms with Crippen LogP contribution in [0.1, 0.15) is 31.0 Å². The Labute approximate surface area is 139 Å². The van der Waals surface area contributed by atoms with Gasteiger partial charge < -0.3 is 0 Å². The van der Waals surface area contributed by atoms with E-state index in [1.54, 1.807) is 10.7 Å². The Morgan fingerprint density at radius 3 is 2.67 bits per heavy atom. The van der Waals surface area contributed by atoms with Gasteiger partial charge in [0.25, 0.3) is 0 Å². The van der Waals surface area contributed by atoms with Crippen molar-refractivity contribution in [2.75, 3.05) is 0 Å². The third-order valence-electron chi connectivity index (χ3n) is 4.01. The van der Waals surface area contributed by atoms with Crippen LogP contribution in [0.2, 0.25) is 0 Å². The highest BCUT2D eigenvalue weighted by Gasteiger charge is 2.19. The number of hydrogen-bond donors (Lipinski definition) is 0. The van der Waals surface area contributed by atoms with Gasteiger partial charge in [-0.3, -0.25) is 0 Å². The smallest absolute Gasteiger partial charge is 0.155 e. The van der Waals surface area contributed by atoms with Crippen LogP contribution in [-0.4, -0.2) is 29.4 Å². The quantitative estimate of drug-likeness (QED) is 0.581. The number of aryl methyl sites for hydroxylation is 1. The van der Waals surface area contributed by atoms with Gasteiger partial charge in [-0.2, -0.15) is 10.2 Å². The molecule has 6 heteroatoms. The van der Waals surface area contributed by atoms with E-state index in [1.165, 1.54) is 0 Å². The van der Waals surface area contributed by atoms with Crippen molar-refractivity contribution in [1.82, 2.24) is 29.4 Å². The molecule has 0 saturated carbocycles. The fraction of sp³-hybridized carbons (Fsp3) is 0.222. The summed E-state index contributed by atoms with van der Waals surface area (Å²) in [6, 6.07) is 9.79. The summed E-state index contributed by atoms with van der Waals surface area (Å²) in [4.78, 5) is 9.35. The zero-order valence-corrected chi connectivity index (χ0v) is 13.9. The molecule has 0 fully saturated rings. The second-order valence-electron chi connectivity index (χ2n) is 6.10. The second-order valence-corrected chi connectivity index (χ2v) is 6.10. The Morgan fingerprint density at radius 2 is 1.88 bits per heavy atom. The second kappa shape index (κ2) is 5.56. The number of hydrogen-bond acceptors (Lipinski definition) is 4.